The molecule has 0 saturated heterocycles. The van der Waals surface area contributed by atoms with Crippen LogP contribution in [0.25, 0.3) is 0 Å². The molecule has 0 saturated carbocycles. The molecular formula is C14H10ClNO. The Morgan fingerprint density at radius 1 is 1.12 bits per heavy atom. The fraction of sp³-hybridized carbons (Fsp3) is 0.0714. The summed E-state index contributed by atoms with van der Waals surface area (Å²) in [4.78, 5) is 0. The third kappa shape index (κ3) is 2.41. The molecule has 2 rings (SSSR count). The first-order valence-electron chi connectivity index (χ1n) is 5.14. The summed E-state index contributed by atoms with van der Waals surface area (Å²) >= 11 is 6.03. The van der Waals surface area contributed by atoms with Gasteiger partial charge in [-0.3, -0.25) is 0 Å². The molecule has 3 heteroatoms. The van der Waals surface area contributed by atoms with Crippen molar-refractivity contribution in [2.75, 3.05) is 0 Å². The molecule has 2 aromatic rings. The smallest absolute Gasteiger partial charge is 0.163 e. The average Bonchev–Trinajstić information content (AvgIpc) is 2.34. The minimum Gasteiger partial charge on any atom is -0.454 e. The lowest BCUT2D eigenvalue weighted by atomic mass is 10.2. The van der Waals surface area contributed by atoms with Crippen LogP contribution in [-0.2, 0) is 0 Å². The number of rotatable bonds is 2. The summed E-state index contributed by atoms with van der Waals surface area (Å²) < 4.78 is 5.71. The van der Waals surface area contributed by atoms with Crippen LogP contribution in [0.3, 0.4) is 0 Å². The third-order valence-electron chi connectivity index (χ3n) is 2.39. The molecule has 0 fully saturated rings. The highest BCUT2D eigenvalue weighted by molar-refractivity contribution is 6.32. The van der Waals surface area contributed by atoms with Gasteiger partial charge in [0.05, 0.1) is 10.6 Å². The van der Waals surface area contributed by atoms with Crippen LogP contribution in [0.5, 0.6) is 11.5 Å². The van der Waals surface area contributed by atoms with E-state index in [-0.39, 0.29) is 0 Å². The highest BCUT2D eigenvalue weighted by atomic mass is 35.5. The molecule has 84 valence electrons. The van der Waals surface area contributed by atoms with Crippen molar-refractivity contribution < 1.29 is 4.74 Å². The van der Waals surface area contributed by atoms with Crippen LogP contribution in [0.4, 0.5) is 0 Å². The standard InChI is InChI=1S/C14H10ClNO/c1-10-5-2-3-8-13(10)17-14-11(9-16)6-4-7-12(14)15/h2-8H,1H3. The number of nitrogens with zero attached hydrogens (tertiary/aromatic N) is 1. The van der Waals surface area contributed by atoms with Crippen molar-refractivity contribution in [3.63, 3.8) is 0 Å². The summed E-state index contributed by atoms with van der Waals surface area (Å²) in [6.45, 7) is 1.94. The van der Waals surface area contributed by atoms with Gasteiger partial charge in [-0.05, 0) is 30.7 Å². The molecule has 0 N–H and O–H groups in total. The van der Waals surface area contributed by atoms with Gasteiger partial charge < -0.3 is 4.74 Å². The second-order valence-electron chi connectivity index (χ2n) is 3.60. The lowest BCUT2D eigenvalue weighted by Crippen LogP contribution is -1.91. The first kappa shape index (κ1) is 11.5. The quantitative estimate of drug-likeness (QED) is 0.787. The van der Waals surface area contributed by atoms with E-state index in [2.05, 4.69) is 6.07 Å². The first-order chi connectivity index (χ1) is 8.22. The molecule has 2 nitrogen and oxygen atoms in total. The number of nitriles is 1. The number of benzene rings is 2. The maximum absolute atomic E-state index is 9.00. The maximum atomic E-state index is 9.00. The second kappa shape index (κ2) is 4.90. The fourth-order valence-electron chi connectivity index (χ4n) is 1.48. The lowest BCUT2D eigenvalue weighted by molar-refractivity contribution is 0.477. The monoisotopic (exact) mass is 243 g/mol. The van der Waals surface area contributed by atoms with Crippen LogP contribution in [0.1, 0.15) is 11.1 Å². The van der Waals surface area contributed by atoms with Crippen LogP contribution in [0.2, 0.25) is 5.02 Å². The van der Waals surface area contributed by atoms with Gasteiger partial charge in [0.25, 0.3) is 0 Å². The number of hydrogen-bond acceptors (Lipinski definition) is 2. The van der Waals surface area contributed by atoms with Gasteiger partial charge in [-0.15, -0.1) is 0 Å². The van der Waals surface area contributed by atoms with Crippen LogP contribution in [-0.4, -0.2) is 0 Å². The zero-order valence-corrected chi connectivity index (χ0v) is 10.0. The van der Waals surface area contributed by atoms with Gasteiger partial charge in [-0.2, -0.15) is 5.26 Å². The predicted molar refractivity (Wildman–Crippen MR) is 67.4 cm³/mol. The van der Waals surface area contributed by atoms with Gasteiger partial charge in [0.15, 0.2) is 5.75 Å². The van der Waals surface area contributed by atoms with Gasteiger partial charge in [0.1, 0.15) is 11.8 Å². The normalized spacial score (nSPS) is 9.71. The summed E-state index contributed by atoms with van der Waals surface area (Å²) in [5.41, 5.74) is 1.43. The zero-order chi connectivity index (χ0) is 12.3. The molecule has 0 radical (unpaired) electrons. The largest absolute Gasteiger partial charge is 0.454 e. The topological polar surface area (TPSA) is 33.0 Å². The van der Waals surface area contributed by atoms with E-state index in [1.807, 2.05) is 31.2 Å². The molecule has 0 aliphatic heterocycles. The summed E-state index contributed by atoms with van der Waals surface area (Å²) in [6.07, 6.45) is 0. The molecule has 0 spiro atoms. The van der Waals surface area contributed by atoms with E-state index in [0.717, 1.165) is 5.56 Å². The highest BCUT2D eigenvalue weighted by Gasteiger charge is 2.10. The molecule has 0 aliphatic rings. The van der Waals surface area contributed by atoms with Crippen molar-refractivity contribution in [3.05, 3.63) is 58.6 Å². The number of hydrogen-bond donors (Lipinski definition) is 0. The minimum absolute atomic E-state index is 0.408. The Morgan fingerprint density at radius 3 is 2.59 bits per heavy atom. The molecule has 0 aliphatic carbocycles. The van der Waals surface area contributed by atoms with E-state index in [9.17, 15) is 0 Å². The lowest BCUT2D eigenvalue weighted by Gasteiger charge is -2.10. The molecule has 17 heavy (non-hydrogen) atoms. The van der Waals surface area contributed by atoms with Gasteiger partial charge in [-0.1, -0.05) is 35.9 Å². The molecule has 0 heterocycles. The number of para-hydroxylation sites is 2. The van der Waals surface area contributed by atoms with E-state index in [0.29, 0.717) is 22.1 Å². The van der Waals surface area contributed by atoms with E-state index in [1.165, 1.54) is 0 Å². The van der Waals surface area contributed by atoms with Crippen molar-refractivity contribution in [1.82, 2.24) is 0 Å². The molecule has 0 amide bonds. The molecule has 0 atom stereocenters. The Labute approximate surface area is 105 Å². The molecule has 0 aromatic heterocycles. The fourth-order valence-corrected chi connectivity index (χ4v) is 1.69. The van der Waals surface area contributed by atoms with Crippen molar-refractivity contribution in [3.8, 4) is 17.6 Å². The Bertz CT molecular complexity index is 587. The van der Waals surface area contributed by atoms with Crippen LogP contribution in [0, 0.1) is 18.3 Å². The highest BCUT2D eigenvalue weighted by Crippen LogP contribution is 2.33. The van der Waals surface area contributed by atoms with E-state index >= 15 is 0 Å². The zero-order valence-electron chi connectivity index (χ0n) is 9.27. The average molecular weight is 244 g/mol. The summed E-state index contributed by atoms with van der Waals surface area (Å²) in [5, 5.41) is 9.44. The van der Waals surface area contributed by atoms with E-state index < -0.39 is 0 Å². The Kier molecular flexibility index (Phi) is 3.32. The Hall–Kier alpha value is -1.98. The Morgan fingerprint density at radius 2 is 1.88 bits per heavy atom. The summed E-state index contributed by atoms with van der Waals surface area (Å²) in [6, 6.07) is 14.8. The number of aryl methyl sites for hydroxylation is 1. The van der Waals surface area contributed by atoms with Crippen LogP contribution in [0.15, 0.2) is 42.5 Å². The molecule has 0 bridgehead atoms. The number of ether oxygens (including phenoxy) is 1. The predicted octanol–water partition coefficient (Wildman–Crippen LogP) is 4.31. The first-order valence-corrected chi connectivity index (χ1v) is 5.52. The van der Waals surface area contributed by atoms with Gasteiger partial charge in [0, 0.05) is 0 Å². The summed E-state index contributed by atoms with van der Waals surface area (Å²) in [7, 11) is 0. The maximum Gasteiger partial charge on any atom is 0.163 e. The van der Waals surface area contributed by atoms with Gasteiger partial charge in [-0.25, -0.2) is 0 Å². The number of halogens is 1. The van der Waals surface area contributed by atoms with Gasteiger partial charge >= 0.3 is 0 Å². The summed E-state index contributed by atoms with van der Waals surface area (Å²) in [5.74, 6) is 1.11. The Balaban J connectivity index is 2.44. The molecule has 2 aromatic carbocycles. The van der Waals surface area contributed by atoms with Crippen molar-refractivity contribution in [1.29, 1.82) is 5.26 Å². The van der Waals surface area contributed by atoms with Crippen molar-refractivity contribution in [2.45, 2.75) is 6.92 Å². The van der Waals surface area contributed by atoms with Crippen LogP contribution >= 0.6 is 11.6 Å². The minimum atomic E-state index is 0.408. The van der Waals surface area contributed by atoms with Crippen molar-refractivity contribution >= 4 is 11.6 Å². The van der Waals surface area contributed by atoms with Gasteiger partial charge in [0.2, 0.25) is 0 Å². The van der Waals surface area contributed by atoms with Crippen LogP contribution < -0.4 is 4.74 Å². The SMILES string of the molecule is Cc1ccccc1Oc1c(Cl)cccc1C#N. The van der Waals surface area contributed by atoms with E-state index in [1.54, 1.807) is 18.2 Å². The molecular weight excluding hydrogens is 234 g/mol. The van der Waals surface area contributed by atoms with Crippen molar-refractivity contribution in [2.24, 2.45) is 0 Å². The third-order valence-corrected chi connectivity index (χ3v) is 2.69. The van der Waals surface area contributed by atoms with E-state index in [4.69, 9.17) is 21.6 Å². The molecule has 0 unspecified atom stereocenters. The second-order valence-corrected chi connectivity index (χ2v) is 4.00.